The maximum absolute atomic E-state index is 14.7. The molecule has 0 saturated carbocycles. The number of rotatable bonds is 20. The number of hydrogen-bond acceptors (Lipinski definition) is 18. The molecule has 18 atom stereocenters. The molecule has 64 heavy (non-hydrogen) atoms. The molecule has 3 aliphatic heterocycles. The summed E-state index contributed by atoms with van der Waals surface area (Å²) in [5.74, 6) is -6.15. The Labute approximate surface area is 378 Å². The normalized spacial score (nSPS) is 33.8. The summed E-state index contributed by atoms with van der Waals surface area (Å²) in [6.07, 6.45) is -9.19. The van der Waals surface area contributed by atoms with Crippen LogP contribution in [0.5, 0.6) is 0 Å². The zero-order chi connectivity index (χ0) is 48.8. The molecule has 0 aliphatic carbocycles. The van der Waals surface area contributed by atoms with E-state index < -0.39 is 132 Å². The Balaban J connectivity index is 2.19. The minimum atomic E-state index is -2.02. The zero-order valence-corrected chi connectivity index (χ0v) is 40.9. The SMILES string of the molecule is CC[C@@H](OC(=O)[C@H](C)[C@@H](O[C@H]1C[C@@](C)(OC)[C@@H](OC(C)=O)[C@H](C)O1)[C@H](C)[C@@H](O[C@@H]1O[C@H](C)C[C@H](N(C)C)[C@H]1OC(C)=O)[C@]1(C)C[C@@H](C)C(=O)O1)[C@@](C)(O)[C@H](OC(C)=O)[C@@H](C)NC(C)=O. The summed E-state index contributed by atoms with van der Waals surface area (Å²) in [7, 11) is 5.19. The number of carbonyl (C=O) groups excluding carboxylic acids is 6. The second-order valence-electron chi connectivity index (χ2n) is 18.9. The highest BCUT2D eigenvalue weighted by atomic mass is 16.7. The van der Waals surface area contributed by atoms with Gasteiger partial charge in [0.05, 0.1) is 42.2 Å². The van der Waals surface area contributed by atoms with Crippen LogP contribution in [0, 0.1) is 17.8 Å². The highest BCUT2D eigenvalue weighted by Crippen LogP contribution is 2.44. The van der Waals surface area contributed by atoms with E-state index in [1.807, 2.05) is 25.9 Å². The van der Waals surface area contributed by atoms with E-state index in [-0.39, 0.29) is 31.4 Å². The van der Waals surface area contributed by atoms with E-state index in [1.165, 1.54) is 34.8 Å². The molecule has 3 fully saturated rings. The lowest BCUT2D eigenvalue weighted by molar-refractivity contribution is -0.318. The lowest BCUT2D eigenvalue weighted by Gasteiger charge is -2.49. The minimum absolute atomic E-state index is 0.0330. The second-order valence-corrected chi connectivity index (χ2v) is 18.9. The molecule has 19 heteroatoms. The summed E-state index contributed by atoms with van der Waals surface area (Å²) in [6.45, 7) is 21.7. The first-order valence-corrected chi connectivity index (χ1v) is 22.3. The minimum Gasteiger partial charge on any atom is -0.459 e. The molecule has 0 bridgehead atoms. The van der Waals surface area contributed by atoms with Crippen LogP contribution in [-0.2, 0) is 76.1 Å². The number of likely N-dealkylation sites (N-methyl/N-ethyl adjacent to an activating group) is 1. The number of cyclic esters (lactones) is 1. The van der Waals surface area contributed by atoms with Crippen molar-refractivity contribution in [1.82, 2.24) is 10.2 Å². The van der Waals surface area contributed by atoms with Crippen molar-refractivity contribution in [3.8, 4) is 0 Å². The molecule has 0 aromatic carbocycles. The van der Waals surface area contributed by atoms with Crippen LogP contribution < -0.4 is 5.32 Å². The van der Waals surface area contributed by atoms with Gasteiger partial charge in [0.25, 0.3) is 0 Å². The molecule has 3 aliphatic rings. The average Bonchev–Trinajstić information content (AvgIpc) is 3.45. The monoisotopic (exact) mass is 917 g/mol. The van der Waals surface area contributed by atoms with E-state index in [0.717, 1.165) is 6.92 Å². The van der Waals surface area contributed by atoms with Crippen LogP contribution in [0.25, 0.3) is 0 Å². The molecule has 1 amide bonds. The standard InChI is InChI=1S/C45H76N2O17/c1-18-33(45(14,54)38(59-30(10)50)26(6)46-28(8)48)61-41(53)25(5)35(62-34-21-43(12,55-17)39(27(7)57-34)60-31(11)51)24(4)37(44(13)20-22(2)40(52)64-44)63-42-36(58-29(9)49)32(47(15)16)19-23(3)56-42/h22-27,32-39,42,54H,18-21H2,1-17H3,(H,46,48)/t22-,23-,24+,25-,26-,27+,32+,33-,34+,35+,36-,37-,38-,39+,42+,43-,44+,45-/m1/s1. The maximum Gasteiger partial charge on any atom is 0.311 e. The van der Waals surface area contributed by atoms with Crippen LogP contribution in [-0.4, -0.2) is 157 Å². The fourth-order valence-electron chi connectivity index (χ4n) is 9.67. The van der Waals surface area contributed by atoms with Gasteiger partial charge in [-0.15, -0.1) is 0 Å². The van der Waals surface area contributed by atoms with Crippen molar-refractivity contribution in [3.63, 3.8) is 0 Å². The molecule has 0 spiro atoms. The Bertz CT molecular complexity index is 1640. The van der Waals surface area contributed by atoms with Crippen LogP contribution in [0.3, 0.4) is 0 Å². The summed E-state index contributed by atoms with van der Waals surface area (Å²) >= 11 is 0. The molecule has 3 heterocycles. The first kappa shape index (κ1) is 54.9. The fourth-order valence-corrected chi connectivity index (χ4v) is 9.67. The van der Waals surface area contributed by atoms with Crippen LogP contribution in [0.4, 0.5) is 0 Å². The second kappa shape index (κ2) is 22.4. The Morgan fingerprint density at radius 2 is 1.53 bits per heavy atom. The summed E-state index contributed by atoms with van der Waals surface area (Å²) in [5, 5.41) is 14.7. The Hall–Kier alpha value is -3.46. The number of amides is 1. The van der Waals surface area contributed by atoms with Gasteiger partial charge < -0.3 is 62.7 Å². The smallest absolute Gasteiger partial charge is 0.311 e. The average molecular weight is 917 g/mol. The zero-order valence-electron chi connectivity index (χ0n) is 40.9. The van der Waals surface area contributed by atoms with Crippen molar-refractivity contribution in [2.24, 2.45) is 17.8 Å². The predicted molar refractivity (Wildman–Crippen MR) is 228 cm³/mol. The van der Waals surface area contributed by atoms with E-state index in [2.05, 4.69) is 5.32 Å². The number of esters is 5. The topological polar surface area (TPSA) is 230 Å². The molecular formula is C45H76N2O17. The van der Waals surface area contributed by atoms with Crippen LogP contribution >= 0.6 is 0 Å². The molecule has 368 valence electrons. The van der Waals surface area contributed by atoms with E-state index in [1.54, 1.807) is 55.4 Å². The predicted octanol–water partition coefficient (Wildman–Crippen LogP) is 3.37. The van der Waals surface area contributed by atoms with Crippen LogP contribution in [0.15, 0.2) is 0 Å². The van der Waals surface area contributed by atoms with Crippen LogP contribution in [0.1, 0.15) is 123 Å². The van der Waals surface area contributed by atoms with E-state index in [0.29, 0.717) is 6.42 Å². The molecule has 0 unspecified atom stereocenters. The van der Waals surface area contributed by atoms with Crippen molar-refractivity contribution in [3.05, 3.63) is 0 Å². The molecular weight excluding hydrogens is 840 g/mol. The lowest BCUT2D eigenvalue weighted by atomic mass is 9.79. The Morgan fingerprint density at radius 3 is 2.02 bits per heavy atom. The third-order valence-electron chi connectivity index (χ3n) is 12.8. The van der Waals surface area contributed by atoms with Crippen LogP contribution in [0.2, 0.25) is 0 Å². The molecule has 0 aromatic rings. The molecule has 19 nitrogen and oxygen atoms in total. The maximum atomic E-state index is 14.7. The van der Waals surface area contributed by atoms with Crippen molar-refractivity contribution >= 4 is 35.8 Å². The van der Waals surface area contributed by atoms with Gasteiger partial charge in [-0.05, 0) is 75.4 Å². The van der Waals surface area contributed by atoms with Gasteiger partial charge in [-0.2, -0.15) is 0 Å². The van der Waals surface area contributed by atoms with E-state index in [9.17, 15) is 33.9 Å². The van der Waals surface area contributed by atoms with Gasteiger partial charge in [-0.25, -0.2) is 0 Å². The first-order valence-electron chi connectivity index (χ1n) is 22.3. The summed E-state index contributed by atoms with van der Waals surface area (Å²) < 4.78 is 61.8. The Kier molecular flexibility index (Phi) is 19.2. The van der Waals surface area contributed by atoms with E-state index in [4.69, 9.17) is 47.4 Å². The summed E-state index contributed by atoms with van der Waals surface area (Å²) in [4.78, 5) is 78.9. The quantitative estimate of drug-likeness (QED) is 0.132. The molecule has 2 N–H and O–H groups in total. The highest BCUT2D eigenvalue weighted by molar-refractivity contribution is 5.75. The largest absolute Gasteiger partial charge is 0.459 e. The fraction of sp³-hybridized carbons (Fsp3) is 0.867. The number of nitrogens with zero attached hydrogens (tertiary/aromatic N) is 1. The molecule has 0 aromatic heterocycles. The van der Waals surface area contributed by atoms with Gasteiger partial charge in [0.15, 0.2) is 30.9 Å². The van der Waals surface area contributed by atoms with Crippen molar-refractivity contribution in [2.45, 2.75) is 213 Å². The Morgan fingerprint density at radius 1 is 0.922 bits per heavy atom. The number of nitrogens with one attached hydrogen (secondary N) is 1. The third-order valence-corrected chi connectivity index (χ3v) is 12.8. The molecule has 0 radical (unpaired) electrons. The highest BCUT2D eigenvalue weighted by Gasteiger charge is 2.57. The number of ether oxygens (including phenoxy) is 10. The number of carbonyl (C=O) groups is 6. The molecule has 3 saturated heterocycles. The summed E-state index contributed by atoms with van der Waals surface area (Å²) in [5.41, 5.74) is -4.48. The van der Waals surface area contributed by atoms with Crippen molar-refractivity contribution < 1.29 is 81.2 Å². The van der Waals surface area contributed by atoms with Gasteiger partial charge in [-0.1, -0.05) is 20.8 Å². The van der Waals surface area contributed by atoms with Gasteiger partial charge in [0.2, 0.25) is 5.91 Å². The lowest BCUT2D eigenvalue weighted by Crippen LogP contribution is -2.61. The van der Waals surface area contributed by atoms with Gasteiger partial charge >= 0.3 is 29.8 Å². The van der Waals surface area contributed by atoms with Gasteiger partial charge in [0, 0.05) is 53.6 Å². The van der Waals surface area contributed by atoms with Crippen molar-refractivity contribution in [1.29, 1.82) is 0 Å². The molecule has 3 rings (SSSR count). The number of methoxy groups -OCH3 is 1. The third kappa shape index (κ3) is 13.3. The number of hydrogen-bond donors (Lipinski definition) is 2. The first-order chi connectivity index (χ1) is 29.5. The van der Waals surface area contributed by atoms with Crippen molar-refractivity contribution in [2.75, 3.05) is 21.2 Å². The van der Waals surface area contributed by atoms with E-state index >= 15 is 0 Å². The van der Waals surface area contributed by atoms with Gasteiger partial charge in [-0.3, -0.25) is 28.8 Å². The summed E-state index contributed by atoms with van der Waals surface area (Å²) in [6, 6.07) is -1.22. The number of aliphatic hydroxyl groups is 1. The van der Waals surface area contributed by atoms with Gasteiger partial charge in [0.1, 0.15) is 29.0 Å².